The van der Waals surface area contributed by atoms with Crippen molar-refractivity contribution >= 4 is 5.97 Å². The third-order valence-corrected chi connectivity index (χ3v) is 17.8. The van der Waals surface area contributed by atoms with Crippen molar-refractivity contribution in [2.45, 2.75) is 172 Å². The number of fused-ring (bicyclic) bond motifs is 7. The summed E-state index contributed by atoms with van der Waals surface area (Å²) in [6.45, 7) is 11.3. The summed E-state index contributed by atoms with van der Waals surface area (Å²) in [4.78, 5) is 14.6. The molecular weight excluding hydrogens is 744 g/mol. The Hall–Kier alpha value is -1.31. The summed E-state index contributed by atoms with van der Waals surface area (Å²) in [7, 11) is 0. The minimum absolute atomic E-state index is 0.00994. The Bertz CT molecular complexity index is 1540. The van der Waals surface area contributed by atoms with E-state index in [0.29, 0.717) is 38.5 Å². The molecule has 0 bridgehead atoms. The van der Waals surface area contributed by atoms with Gasteiger partial charge in [0.15, 0.2) is 6.29 Å². The third-order valence-electron chi connectivity index (χ3n) is 17.8. The van der Waals surface area contributed by atoms with Gasteiger partial charge in [0.25, 0.3) is 0 Å². The van der Waals surface area contributed by atoms with Gasteiger partial charge in [0, 0.05) is 11.3 Å². The van der Waals surface area contributed by atoms with E-state index in [2.05, 4.69) is 26.8 Å². The number of aliphatic hydroxyl groups excluding tert-OH is 9. The van der Waals surface area contributed by atoms with Crippen molar-refractivity contribution < 1.29 is 74.8 Å². The van der Waals surface area contributed by atoms with Crippen LogP contribution in [0.3, 0.4) is 0 Å². The normalized spacial score (nSPS) is 56.4. The molecule has 6 fully saturated rings. The van der Waals surface area contributed by atoms with Crippen molar-refractivity contribution in [1.29, 1.82) is 0 Å². The quantitative estimate of drug-likeness (QED) is 0.0940. The molecule has 0 amide bonds. The zero-order valence-electron chi connectivity index (χ0n) is 34.2. The number of allylic oxidation sites excluding steroid dienone is 1. The highest BCUT2D eigenvalue weighted by Gasteiger charge is 2.72. The number of hydrogen-bond acceptors (Lipinski definition) is 15. The van der Waals surface area contributed by atoms with Gasteiger partial charge in [-0.25, -0.2) is 0 Å². The first kappa shape index (κ1) is 43.8. The topological polar surface area (TPSA) is 256 Å². The molecule has 4 saturated carbocycles. The summed E-state index contributed by atoms with van der Waals surface area (Å²) < 4.78 is 23.7. The van der Waals surface area contributed by atoms with Crippen molar-refractivity contribution in [2.24, 2.45) is 50.7 Å². The lowest BCUT2D eigenvalue weighted by Gasteiger charge is -2.72. The molecule has 2 aliphatic heterocycles. The molecule has 0 unspecified atom stereocenters. The second kappa shape index (κ2) is 14.9. The first-order chi connectivity index (χ1) is 26.6. The Kier molecular flexibility index (Phi) is 11.5. The smallest absolute Gasteiger partial charge is 0.315 e. The van der Waals surface area contributed by atoms with Crippen LogP contribution < -0.4 is 0 Å². The van der Waals surface area contributed by atoms with Crippen LogP contribution in [0.1, 0.15) is 99.3 Å². The first-order valence-electron chi connectivity index (χ1n) is 21.1. The van der Waals surface area contributed by atoms with Crippen LogP contribution in [-0.4, -0.2) is 150 Å². The first-order valence-corrected chi connectivity index (χ1v) is 21.1. The Labute approximate surface area is 335 Å². The van der Waals surface area contributed by atoms with Crippen LogP contribution in [0.2, 0.25) is 0 Å². The van der Waals surface area contributed by atoms with Gasteiger partial charge in [-0.05, 0) is 98.7 Å². The largest absolute Gasteiger partial charge is 0.432 e. The van der Waals surface area contributed by atoms with Crippen molar-refractivity contribution in [3.8, 4) is 0 Å². The fourth-order valence-corrected chi connectivity index (χ4v) is 13.8. The van der Waals surface area contributed by atoms with E-state index in [0.717, 1.165) is 24.8 Å². The van der Waals surface area contributed by atoms with Gasteiger partial charge in [0.1, 0.15) is 48.8 Å². The van der Waals surface area contributed by atoms with E-state index in [4.69, 9.17) is 18.9 Å². The van der Waals surface area contributed by atoms with Crippen LogP contribution >= 0.6 is 0 Å². The molecule has 7 aliphatic rings. The molecular formula is C42H68O15. The maximum absolute atomic E-state index is 14.6. The van der Waals surface area contributed by atoms with Gasteiger partial charge in [-0.15, -0.1) is 0 Å². The number of esters is 1. The number of ether oxygens (including phenoxy) is 4. The molecule has 21 atom stereocenters. The Morgan fingerprint density at radius 2 is 1.33 bits per heavy atom. The highest BCUT2D eigenvalue weighted by molar-refractivity contribution is 5.79. The molecule has 5 aliphatic carbocycles. The second-order valence-electron chi connectivity index (χ2n) is 20.2. The monoisotopic (exact) mass is 812 g/mol. The zero-order chi connectivity index (χ0) is 41.8. The standard InChI is InChI=1S/C42H68O15/c1-20-9-14-42(36(52)57-35-32(51)30(49)28(47)23(18-44)55-35)16-15-39(4)21(33(42)41(20,6)53)7-8-25-37(2)12-11-26(38(3,19-45)24(37)10-13-40(25,39)5)56-34-31(50)29(48)27(46)22(17-43)54-34/h7,20,22-35,43-51,53H,8-19H2,1-6H3/t20-,22-,23-,24-,25-,26+,27-,28-,29+,30+,31-,32-,33-,34-,35+,37+,38+,39-,40-,41-,42+/m1/s1. The van der Waals surface area contributed by atoms with Gasteiger partial charge in [0.05, 0.1) is 36.9 Å². The van der Waals surface area contributed by atoms with E-state index in [1.807, 2.05) is 13.8 Å². The SMILES string of the molecule is C[C@@H]1CC[C@]2(C(=O)O[C@@H]3O[C@H](CO)[C@@H](O)[C@H](O)[C@H]3O)CC[C@]3(C)C(=CC[C@@H]4[C@@]5(C)CC[C@H](O[C@H]6O[C@H](CO)[C@@H](O)[C@H](O)[C@H]6O)[C@@](C)(CO)[C@@H]5CC[C@]43C)[C@@H]2[C@]1(C)O. The molecule has 15 nitrogen and oxygen atoms in total. The maximum Gasteiger partial charge on any atom is 0.315 e. The average Bonchev–Trinajstić information content (AvgIpc) is 3.17. The summed E-state index contributed by atoms with van der Waals surface area (Å²) in [5.41, 5.74) is -3.21. The van der Waals surface area contributed by atoms with Crippen molar-refractivity contribution in [1.82, 2.24) is 0 Å². The summed E-state index contributed by atoms with van der Waals surface area (Å²) in [6, 6.07) is 0. The number of aliphatic hydroxyl groups is 10. The molecule has 0 aromatic rings. The second-order valence-corrected chi connectivity index (χ2v) is 20.2. The fraction of sp³-hybridized carbons (Fsp3) is 0.929. The highest BCUT2D eigenvalue weighted by atomic mass is 16.7. The molecule has 7 rings (SSSR count). The van der Waals surface area contributed by atoms with Crippen molar-refractivity contribution in [2.75, 3.05) is 19.8 Å². The van der Waals surface area contributed by atoms with Crippen molar-refractivity contribution in [3.05, 3.63) is 11.6 Å². The van der Waals surface area contributed by atoms with E-state index in [1.165, 1.54) is 0 Å². The zero-order valence-corrected chi connectivity index (χ0v) is 34.2. The summed E-state index contributed by atoms with van der Waals surface area (Å²) in [6.07, 6.45) is -7.79. The van der Waals surface area contributed by atoms with E-state index in [1.54, 1.807) is 6.92 Å². The predicted molar refractivity (Wildman–Crippen MR) is 200 cm³/mol. The molecule has 0 aromatic carbocycles. The minimum Gasteiger partial charge on any atom is -0.432 e. The van der Waals surface area contributed by atoms with Crippen LogP contribution in [0.15, 0.2) is 11.6 Å². The van der Waals surface area contributed by atoms with Crippen molar-refractivity contribution in [3.63, 3.8) is 0 Å². The molecule has 2 saturated heterocycles. The molecule has 2 heterocycles. The average molecular weight is 813 g/mol. The van der Waals surface area contributed by atoms with E-state index in [-0.39, 0.29) is 35.2 Å². The predicted octanol–water partition coefficient (Wildman–Crippen LogP) is 0.260. The lowest BCUT2D eigenvalue weighted by atomic mass is 9.33. The molecule has 0 aromatic heterocycles. The van der Waals surface area contributed by atoms with Crippen LogP contribution in [0.5, 0.6) is 0 Å². The maximum atomic E-state index is 14.6. The van der Waals surface area contributed by atoms with Gasteiger partial charge in [-0.3, -0.25) is 4.79 Å². The summed E-state index contributed by atoms with van der Waals surface area (Å²) in [5.74, 6) is -1.28. The van der Waals surface area contributed by atoms with E-state index in [9.17, 15) is 55.9 Å². The Balaban J connectivity index is 1.19. The molecule has 326 valence electrons. The van der Waals surface area contributed by atoms with Gasteiger partial charge in [-0.1, -0.05) is 46.3 Å². The molecule has 0 radical (unpaired) electrons. The molecule has 15 heteroatoms. The number of rotatable bonds is 7. The minimum atomic E-state index is -1.75. The summed E-state index contributed by atoms with van der Waals surface area (Å²) in [5, 5.41) is 106. The fourth-order valence-electron chi connectivity index (χ4n) is 13.8. The lowest BCUT2D eigenvalue weighted by molar-refractivity contribution is -0.333. The van der Waals surface area contributed by atoms with Crippen LogP contribution in [0, 0.1) is 50.7 Å². The molecule has 57 heavy (non-hydrogen) atoms. The molecule has 0 spiro atoms. The van der Waals surface area contributed by atoms with E-state index < -0.39 is 114 Å². The number of carbonyl (C=O) groups excluding carboxylic acids is 1. The number of carbonyl (C=O) groups is 1. The Morgan fingerprint density at radius 3 is 1.93 bits per heavy atom. The third kappa shape index (κ3) is 6.18. The number of hydrogen-bond donors (Lipinski definition) is 10. The van der Waals surface area contributed by atoms with Gasteiger partial charge in [0.2, 0.25) is 6.29 Å². The van der Waals surface area contributed by atoms with Gasteiger partial charge >= 0.3 is 5.97 Å². The molecule has 10 N–H and O–H groups in total. The summed E-state index contributed by atoms with van der Waals surface area (Å²) >= 11 is 0. The van der Waals surface area contributed by atoms with Crippen LogP contribution in [0.4, 0.5) is 0 Å². The van der Waals surface area contributed by atoms with Crippen LogP contribution in [0.25, 0.3) is 0 Å². The Morgan fingerprint density at radius 1 is 0.737 bits per heavy atom. The van der Waals surface area contributed by atoms with Gasteiger partial charge in [-0.2, -0.15) is 0 Å². The van der Waals surface area contributed by atoms with E-state index >= 15 is 0 Å². The lowest BCUT2D eigenvalue weighted by Crippen LogP contribution is -2.69. The van der Waals surface area contributed by atoms with Gasteiger partial charge < -0.3 is 70.0 Å². The van der Waals surface area contributed by atoms with Crippen LogP contribution in [-0.2, 0) is 23.7 Å². The highest BCUT2D eigenvalue weighted by Crippen LogP contribution is 2.76.